The van der Waals surface area contributed by atoms with Crippen molar-refractivity contribution in [3.63, 3.8) is 0 Å². The molecule has 1 N–H and O–H groups in total. The number of carbonyl (C=O) groups excluding carboxylic acids is 1. The summed E-state index contributed by atoms with van der Waals surface area (Å²) in [5.74, 6) is 1.77. The number of carbonyl (C=O) groups is 1. The van der Waals surface area contributed by atoms with Gasteiger partial charge in [0.25, 0.3) is 0 Å². The van der Waals surface area contributed by atoms with Crippen LogP contribution < -0.4 is 15.0 Å². The fourth-order valence-electron chi connectivity index (χ4n) is 4.34. The van der Waals surface area contributed by atoms with Crippen molar-refractivity contribution in [2.75, 3.05) is 38.2 Å². The topological polar surface area (TPSA) is 62.1 Å². The maximum absolute atomic E-state index is 12.8. The number of ether oxygens (including phenoxy) is 1. The zero-order valence-corrected chi connectivity index (χ0v) is 18.2. The normalized spacial score (nSPS) is 14.5. The summed E-state index contributed by atoms with van der Waals surface area (Å²) in [6.45, 7) is 3.48. The zero-order chi connectivity index (χ0) is 21.9. The lowest BCUT2D eigenvalue weighted by Crippen LogP contribution is -2.41. The standard InChI is InChI=1S/C25H27N5O2/c1-32-20-8-4-7-19(17-20)18-26-25(31)29-13-6-12-28(15-16-29)24-23-11-5-14-30(23)22-10-3-2-9-21(22)27-24/h2-5,7-11,14,17H,6,12-13,15-16,18H2,1H3,(H,26,31). The van der Waals surface area contributed by atoms with Crippen LogP contribution in [0.3, 0.4) is 0 Å². The fraction of sp³-hybridized carbons (Fsp3) is 0.280. The Balaban J connectivity index is 1.29. The smallest absolute Gasteiger partial charge is 0.317 e. The molecule has 1 saturated heterocycles. The van der Waals surface area contributed by atoms with Crippen molar-refractivity contribution < 1.29 is 9.53 Å². The lowest BCUT2D eigenvalue weighted by Gasteiger charge is -2.24. The lowest BCUT2D eigenvalue weighted by atomic mass is 10.2. The highest BCUT2D eigenvalue weighted by Gasteiger charge is 2.22. The van der Waals surface area contributed by atoms with Crippen molar-refractivity contribution in [1.82, 2.24) is 19.6 Å². The molecule has 0 aliphatic carbocycles. The number of aromatic nitrogens is 2. The van der Waals surface area contributed by atoms with Crippen molar-refractivity contribution in [3.8, 4) is 5.75 Å². The number of urea groups is 1. The van der Waals surface area contributed by atoms with E-state index in [1.807, 2.05) is 41.3 Å². The first-order valence-corrected chi connectivity index (χ1v) is 11.0. The summed E-state index contributed by atoms with van der Waals surface area (Å²) in [6, 6.07) is 20.1. The molecular formula is C25H27N5O2. The first kappa shape index (κ1) is 20.2. The van der Waals surface area contributed by atoms with E-state index < -0.39 is 0 Å². The Morgan fingerprint density at radius 3 is 2.78 bits per heavy atom. The van der Waals surface area contributed by atoms with E-state index in [4.69, 9.17) is 9.72 Å². The number of amides is 2. The SMILES string of the molecule is COc1cccc(CNC(=O)N2CCCN(c3nc4ccccc4n4cccc34)CC2)c1. The second-order valence-electron chi connectivity index (χ2n) is 8.03. The predicted molar refractivity (Wildman–Crippen MR) is 126 cm³/mol. The van der Waals surface area contributed by atoms with Gasteiger partial charge in [-0.25, -0.2) is 9.78 Å². The van der Waals surface area contributed by atoms with E-state index in [1.54, 1.807) is 7.11 Å². The quantitative estimate of drug-likeness (QED) is 0.534. The summed E-state index contributed by atoms with van der Waals surface area (Å²) in [5, 5.41) is 3.05. The minimum atomic E-state index is -0.0334. The van der Waals surface area contributed by atoms with Crippen molar-refractivity contribution in [2.24, 2.45) is 0 Å². The molecular weight excluding hydrogens is 402 g/mol. The Hall–Kier alpha value is -3.74. The van der Waals surface area contributed by atoms with Crippen molar-refractivity contribution >= 4 is 28.4 Å². The van der Waals surface area contributed by atoms with Gasteiger partial charge in [-0.3, -0.25) is 0 Å². The summed E-state index contributed by atoms with van der Waals surface area (Å²) < 4.78 is 7.46. The number of methoxy groups -OCH3 is 1. The minimum Gasteiger partial charge on any atom is -0.497 e. The molecule has 0 atom stereocenters. The zero-order valence-electron chi connectivity index (χ0n) is 18.2. The van der Waals surface area contributed by atoms with Crippen LogP contribution in [0.1, 0.15) is 12.0 Å². The number of hydrogen-bond donors (Lipinski definition) is 1. The van der Waals surface area contributed by atoms with E-state index in [0.717, 1.165) is 59.7 Å². The molecule has 0 bridgehead atoms. The highest BCUT2D eigenvalue weighted by molar-refractivity contribution is 5.85. The van der Waals surface area contributed by atoms with Gasteiger partial charge in [-0.05, 0) is 48.4 Å². The van der Waals surface area contributed by atoms with Gasteiger partial charge in [0.05, 0.1) is 23.7 Å². The fourth-order valence-corrected chi connectivity index (χ4v) is 4.34. The van der Waals surface area contributed by atoms with Crippen molar-refractivity contribution in [1.29, 1.82) is 0 Å². The van der Waals surface area contributed by atoms with Crippen LogP contribution in [0, 0.1) is 0 Å². The summed E-state index contributed by atoms with van der Waals surface area (Å²) in [5.41, 5.74) is 4.19. The molecule has 32 heavy (non-hydrogen) atoms. The third kappa shape index (κ3) is 3.93. The van der Waals surface area contributed by atoms with Crippen LogP contribution in [0.2, 0.25) is 0 Å². The highest BCUT2D eigenvalue weighted by Crippen LogP contribution is 2.26. The van der Waals surface area contributed by atoms with Gasteiger partial charge in [-0.2, -0.15) is 0 Å². The largest absolute Gasteiger partial charge is 0.497 e. The number of rotatable bonds is 4. The summed E-state index contributed by atoms with van der Waals surface area (Å²) >= 11 is 0. The number of nitrogens with zero attached hydrogens (tertiary/aromatic N) is 4. The molecule has 0 spiro atoms. The molecule has 1 aliphatic heterocycles. The number of para-hydroxylation sites is 2. The van der Waals surface area contributed by atoms with Crippen LogP contribution in [-0.4, -0.2) is 53.6 Å². The van der Waals surface area contributed by atoms with Gasteiger partial charge in [0.15, 0.2) is 5.82 Å². The van der Waals surface area contributed by atoms with Gasteiger partial charge >= 0.3 is 6.03 Å². The lowest BCUT2D eigenvalue weighted by molar-refractivity contribution is 0.201. The molecule has 2 amide bonds. The minimum absolute atomic E-state index is 0.0334. The molecule has 3 heterocycles. The molecule has 0 unspecified atom stereocenters. The third-order valence-corrected chi connectivity index (χ3v) is 6.01. The average molecular weight is 430 g/mol. The second-order valence-corrected chi connectivity index (χ2v) is 8.03. The molecule has 7 heteroatoms. The van der Waals surface area contributed by atoms with Crippen LogP contribution in [0.15, 0.2) is 66.9 Å². The number of anilines is 1. The highest BCUT2D eigenvalue weighted by atomic mass is 16.5. The number of nitrogens with one attached hydrogen (secondary N) is 1. The van der Waals surface area contributed by atoms with Gasteiger partial charge in [0.2, 0.25) is 0 Å². The molecule has 2 aromatic carbocycles. The molecule has 7 nitrogen and oxygen atoms in total. The molecule has 0 saturated carbocycles. The van der Waals surface area contributed by atoms with E-state index in [2.05, 4.69) is 45.1 Å². The van der Waals surface area contributed by atoms with Gasteiger partial charge < -0.3 is 24.3 Å². The Kier molecular flexibility index (Phi) is 5.54. The second kappa shape index (κ2) is 8.78. The van der Waals surface area contributed by atoms with Crippen LogP contribution in [0.4, 0.5) is 10.6 Å². The predicted octanol–water partition coefficient (Wildman–Crippen LogP) is 3.92. The Bertz CT molecular complexity index is 1250. The molecule has 5 rings (SSSR count). The van der Waals surface area contributed by atoms with E-state index in [0.29, 0.717) is 13.1 Å². The Morgan fingerprint density at radius 2 is 1.88 bits per heavy atom. The first-order valence-electron chi connectivity index (χ1n) is 11.0. The van der Waals surface area contributed by atoms with E-state index in [9.17, 15) is 4.79 Å². The van der Waals surface area contributed by atoms with Crippen LogP contribution in [0.25, 0.3) is 16.6 Å². The van der Waals surface area contributed by atoms with Gasteiger partial charge in [0, 0.05) is 38.9 Å². The van der Waals surface area contributed by atoms with E-state index in [-0.39, 0.29) is 6.03 Å². The molecule has 4 aromatic rings. The monoisotopic (exact) mass is 429 g/mol. The average Bonchev–Trinajstić information content (AvgIpc) is 3.20. The third-order valence-electron chi connectivity index (χ3n) is 6.01. The Labute approximate surface area is 187 Å². The molecule has 2 aromatic heterocycles. The van der Waals surface area contributed by atoms with Crippen LogP contribution >= 0.6 is 0 Å². The molecule has 1 fully saturated rings. The van der Waals surface area contributed by atoms with Gasteiger partial charge in [-0.15, -0.1) is 0 Å². The number of benzene rings is 2. The maximum atomic E-state index is 12.8. The maximum Gasteiger partial charge on any atom is 0.317 e. The van der Waals surface area contributed by atoms with E-state index in [1.165, 1.54) is 0 Å². The van der Waals surface area contributed by atoms with Gasteiger partial charge in [-0.1, -0.05) is 24.3 Å². The molecule has 1 aliphatic rings. The van der Waals surface area contributed by atoms with Crippen LogP contribution in [0.5, 0.6) is 5.75 Å². The summed E-state index contributed by atoms with van der Waals surface area (Å²) in [6.07, 6.45) is 2.98. The summed E-state index contributed by atoms with van der Waals surface area (Å²) in [7, 11) is 1.65. The first-order chi connectivity index (χ1) is 15.7. The Morgan fingerprint density at radius 1 is 1.00 bits per heavy atom. The summed E-state index contributed by atoms with van der Waals surface area (Å²) in [4.78, 5) is 22.0. The van der Waals surface area contributed by atoms with Crippen molar-refractivity contribution in [2.45, 2.75) is 13.0 Å². The molecule has 0 radical (unpaired) electrons. The van der Waals surface area contributed by atoms with Gasteiger partial charge in [0.1, 0.15) is 5.75 Å². The van der Waals surface area contributed by atoms with Crippen LogP contribution in [-0.2, 0) is 6.54 Å². The van der Waals surface area contributed by atoms with E-state index >= 15 is 0 Å². The number of fused-ring (bicyclic) bond motifs is 3. The van der Waals surface area contributed by atoms with Crippen molar-refractivity contribution in [3.05, 3.63) is 72.4 Å². The number of hydrogen-bond acceptors (Lipinski definition) is 4. The molecule has 164 valence electrons.